The molecule has 4 heteroatoms. The monoisotopic (exact) mass is 284 g/mol. The maximum Gasteiger partial charge on any atom is 0.251 e. The molecule has 4 nitrogen and oxygen atoms in total. The molecule has 0 saturated carbocycles. The van der Waals surface area contributed by atoms with Crippen molar-refractivity contribution in [3.63, 3.8) is 0 Å². The molecule has 1 N–H and O–H groups in total. The molecule has 0 aliphatic heterocycles. The van der Waals surface area contributed by atoms with E-state index in [4.69, 9.17) is 0 Å². The zero-order valence-electron chi connectivity index (χ0n) is 12.8. The van der Waals surface area contributed by atoms with E-state index in [-0.39, 0.29) is 17.0 Å². The standard InChI is InChI=1S/C17H20N2O2/c1-17(2,3)18-16(21)13-7-5-12(6-8-13)14-9-10-15(20)19(4)11-14/h5-11H,1-4H3,(H,18,21). The van der Waals surface area contributed by atoms with Crippen molar-refractivity contribution in [2.45, 2.75) is 26.3 Å². The predicted molar refractivity (Wildman–Crippen MR) is 84.3 cm³/mol. The Hall–Kier alpha value is -2.36. The predicted octanol–water partition coefficient (Wildman–Crippen LogP) is 2.58. The highest BCUT2D eigenvalue weighted by atomic mass is 16.1. The van der Waals surface area contributed by atoms with E-state index < -0.39 is 0 Å². The number of carbonyl (C=O) groups is 1. The van der Waals surface area contributed by atoms with Crippen molar-refractivity contribution >= 4 is 5.91 Å². The Morgan fingerprint density at radius 2 is 1.57 bits per heavy atom. The summed E-state index contributed by atoms with van der Waals surface area (Å²) < 4.78 is 1.54. The van der Waals surface area contributed by atoms with Crippen LogP contribution in [0.4, 0.5) is 0 Å². The van der Waals surface area contributed by atoms with Crippen LogP contribution in [0.2, 0.25) is 0 Å². The first-order valence-electron chi connectivity index (χ1n) is 6.86. The van der Waals surface area contributed by atoms with E-state index >= 15 is 0 Å². The molecule has 0 fully saturated rings. The molecule has 0 saturated heterocycles. The summed E-state index contributed by atoms with van der Waals surface area (Å²) in [6.45, 7) is 5.84. The number of hydrogen-bond acceptors (Lipinski definition) is 2. The molecule has 0 spiro atoms. The molecule has 1 aromatic carbocycles. The second kappa shape index (κ2) is 5.56. The first-order chi connectivity index (χ1) is 9.76. The van der Waals surface area contributed by atoms with Crippen LogP contribution in [-0.4, -0.2) is 16.0 Å². The maximum atomic E-state index is 12.1. The lowest BCUT2D eigenvalue weighted by molar-refractivity contribution is 0.0919. The third-order valence-electron chi connectivity index (χ3n) is 3.05. The van der Waals surface area contributed by atoms with E-state index in [1.54, 1.807) is 31.4 Å². The molecule has 0 aliphatic carbocycles. The van der Waals surface area contributed by atoms with Gasteiger partial charge in [0.1, 0.15) is 0 Å². The average Bonchev–Trinajstić information content (AvgIpc) is 2.40. The van der Waals surface area contributed by atoms with Crippen LogP contribution >= 0.6 is 0 Å². The molecule has 0 bridgehead atoms. The van der Waals surface area contributed by atoms with Crippen LogP contribution < -0.4 is 10.9 Å². The number of pyridine rings is 1. The number of carbonyl (C=O) groups excluding carboxylic acids is 1. The molecule has 110 valence electrons. The summed E-state index contributed by atoms with van der Waals surface area (Å²) in [6.07, 6.45) is 1.78. The first-order valence-corrected chi connectivity index (χ1v) is 6.86. The van der Waals surface area contributed by atoms with Gasteiger partial charge in [-0.15, -0.1) is 0 Å². The lowest BCUT2D eigenvalue weighted by Crippen LogP contribution is -2.40. The minimum atomic E-state index is -0.256. The van der Waals surface area contributed by atoms with Gasteiger partial charge in [-0.2, -0.15) is 0 Å². The summed E-state index contributed by atoms with van der Waals surface area (Å²) in [6, 6.07) is 10.7. The third-order valence-corrected chi connectivity index (χ3v) is 3.05. The van der Waals surface area contributed by atoms with Crippen LogP contribution in [0.3, 0.4) is 0 Å². The molecule has 1 heterocycles. The van der Waals surface area contributed by atoms with Crippen molar-refractivity contribution in [3.05, 3.63) is 58.5 Å². The van der Waals surface area contributed by atoms with Crippen molar-refractivity contribution in [3.8, 4) is 11.1 Å². The summed E-state index contributed by atoms with van der Waals surface area (Å²) in [5, 5.41) is 2.93. The van der Waals surface area contributed by atoms with E-state index in [0.29, 0.717) is 5.56 Å². The number of rotatable bonds is 2. The van der Waals surface area contributed by atoms with Gasteiger partial charge in [-0.1, -0.05) is 12.1 Å². The molecule has 0 atom stereocenters. The molecule has 2 aromatic rings. The van der Waals surface area contributed by atoms with E-state index in [1.165, 1.54) is 10.6 Å². The van der Waals surface area contributed by atoms with Crippen molar-refractivity contribution in [2.24, 2.45) is 7.05 Å². The number of amides is 1. The zero-order chi connectivity index (χ0) is 15.6. The molecule has 0 radical (unpaired) electrons. The van der Waals surface area contributed by atoms with Gasteiger partial charge in [0.05, 0.1) is 0 Å². The minimum absolute atomic E-state index is 0.0417. The fourth-order valence-corrected chi connectivity index (χ4v) is 1.99. The molecule has 2 rings (SSSR count). The van der Waals surface area contributed by atoms with Gasteiger partial charge < -0.3 is 9.88 Å². The van der Waals surface area contributed by atoms with E-state index in [9.17, 15) is 9.59 Å². The minimum Gasteiger partial charge on any atom is -0.347 e. The molecule has 1 aromatic heterocycles. The van der Waals surface area contributed by atoms with E-state index in [0.717, 1.165) is 11.1 Å². The largest absolute Gasteiger partial charge is 0.347 e. The van der Waals surface area contributed by atoms with Crippen molar-refractivity contribution < 1.29 is 4.79 Å². The Morgan fingerprint density at radius 3 is 2.10 bits per heavy atom. The summed E-state index contributed by atoms with van der Waals surface area (Å²) >= 11 is 0. The fourth-order valence-electron chi connectivity index (χ4n) is 1.99. The number of benzene rings is 1. The average molecular weight is 284 g/mol. The van der Waals surface area contributed by atoms with Crippen LogP contribution in [0.1, 0.15) is 31.1 Å². The Morgan fingerprint density at radius 1 is 1.00 bits per heavy atom. The second-order valence-corrected chi connectivity index (χ2v) is 6.15. The molecule has 0 unspecified atom stereocenters. The second-order valence-electron chi connectivity index (χ2n) is 6.15. The Bertz CT molecular complexity index is 707. The van der Waals surface area contributed by atoms with Crippen LogP contribution in [-0.2, 0) is 7.05 Å². The Labute approximate surface area is 124 Å². The normalized spacial score (nSPS) is 11.2. The number of nitrogens with one attached hydrogen (secondary N) is 1. The van der Waals surface area contributed by atoms with Gasteiger partial charge in [0.2, 0.25) is 5.56 Å². The Balaban J connectivity index is 2.24. The highest BCUT2D eigenvalue weighted by Gasteiger charge is 2.15. The van der Waals surface area contributed by atoms with Gasteiger partial charge in [0, 0.05) is 30.4 Å². The van der Waals surface area contributed by atoms with Gasteiger partial charge in [-0.3, -0.25) is 9.59 Å². The summed E-state index contributed by atoms with van der Waals surface area (Å²) in [5.41, 5.74) is 2.24. The van der Waals surface area contributed by atoms with Crippen molar-refractivity contribution in [1.29, 1.82) is 0 Å². The van der Waals surface area contributed by atoms with Crippen LogP contribution in [0, 0.1) is 0 Å². The van der Waals surface area contributed by atoms with Crippen LogP contribution in [0.15, 0.2) is 47.4 Å². The van der Waals surface area contributed by atoms with E-state index in [2.05, 4.69) is 5.32 Å². The summed E-state index contributed by atoms with van der Waals surface area (Å²) in [4.78, 5) is 23.4. The highest BCUT2D eigenvalue weighted by Crippen LogP contribution is 2.18. The topological polar surface area (TPSA) is 51.1 Å². The molecule has 0 aliphatic rings. The lowest BCUT2D eigenvalue weighted by atomic mass is 10.0. The van der Waals surface area contributed by atoms with Crippen LogP contribution in [0.5, 0.6) is 0 Å². The zero-order valence-corrected chi connectivity index (χ0v) is 12.8. The van der Waals surface area contributed by atoms with Gasteiger partial charge in [0.15, 0.2) is 0 Å². The summed E-state index contributed by atoms with van der Waals surface area (Å²) in [5.74, 6) is -0.0884. The number of aromatic nitrogens is 1. The molecule has 21 heavy (non-hydrogen) atoms. The highest BCUT2D eigenvalue weighted by molar-refractivity contribution is 5.95. The lowest BCUT2D eigenvalue weighted by Gasteiger charge is -2.20. The Kier molecular flexibility index (Phi) is 3.98. The SMILES string of the molecule is Cn1cc(-c2ccc(C(=O)NC(C)(C)C)cc2)ccc1=O. The van der Waals surface area contributed by atoms with Gasteiger partial charge in [0.25, 0.3) is 5.91 Å². The number of aryl methyl sites for hydroxylation is 1. The van der Waals surface area contributed by atoms with Gasteiger partial charge in [-0.25, -0.2) is 0 Å². The van der Waals surface area contributed by atoms with Crippen molar-refractivity contribution in [1.82, 2.24) is 9.88 Å². The fraction of sp³-hybridized carbons (Fsp3) is 0.294. The molecular formula is C17H20N2O2. The van der Waals surface area contributed by atoms with Gasteiger partial charge >= 0.3 is 0 Å². The summed E-state index contributed by atoms with van der Waals surface area (Å²) in [7, 11) is 1.72. The third kappa shape index (κ3) is 3.81. The first kappa shape index (κ1) is 15.0. The number of nitrogens with zero attached hydrogens (tertiary/aromatic N) is 1. The maximum absolute atomic E-state index is 12.1. The van der Waals surface area contributed by atoms with E-state index in [1.807, 2.05) is 32.9 Å². The smallest absolute Gasteiger partial charge is 0.251 e. The quantitative estimate of drug-likeness (QED) is 0.921. The molecular weight excluding hydrogens is 264 g/mol. The van der Waals surface area contributed by atoms with Crippen molar-refractivity contribution in [2.75, 3.05) is 0 Å². The van der Waals surface area contributed by atoms with Crippen LogP contribution in [0.25, 0.3) is 11.1 Å². The number of hydrogen-bond donors (Lipinski definition) is 1. The van der Waals surface area contributed by atoms with Gasteiger partial charge in [-0.05, 0) is 50.1 Å². The molecule has 1 amide bonds.